The summed E-state index contributed by atoms with van der Waals surface area (Å²) < 4.78 is 5.39. The SMILES string of the molecule is COc1ccccc1CNC(=O)[C@@H](C)[C@H]1CC[C@@]2(C)CC[C@H](NC(=O)c3cncnc3)[C@@H](C)[C@@H]2[C@H]1O. The van der Waals surface area contributed by atoms with Crippen molar-refractivity contribution >= 4 is 11.8 Å². The molecule has 1 heterocycles. The van der Waals surface area contributed by atoms with Gasteiger partial charge in [-0.3, -0.25) is 9.59 Å². The van der Waals surface area contributed by atoms with Crippen LogP contribution in [0.3, 0.4) is 0 Å². The number of hydrogen-bond donors (Lipinski definition) is 3. The van der Waals surface area contributed by atoms with E-state index in [1.165, 1.54) is 18.7 Å². The molecule has 2 aliphatic rings. The number of carbonyl (C=O) groups is 2. The minimum Gasteiger partial charge on any atom is -0.496 e. The lowest BCUT2D eigenvalue weighted by molar-refractivity contribution is -0.142. The zero-order chi connectivity index (χ0) is 25.9. The molecule has 0 bridgehead atoms. The monoisotopic (exact) mass is 494 g/mol. The van der Waals surface area contributed by atoms with Gasteiger partial charge in [-0.15, -0.1) is 0 Å². The molecule has 2 saturated carbocycles. The summed E-state index contributed by atoms with van der Waals surface area (Å²) >= 11 is 0. The summed E-state index contributed by atoms with van der Waals surface area (Å²) in [6.45, 7) is 6.66. The number of hydrogen-bond acceptors (Lipinski definition) is 6. The lowest BCUT2D eigenvalue weighted by Crippen LogP contribution is -2.58. The molecular weight excluding hydrogens is 456 g/mol. The quantitative estimate of drug-likeness (QED) is 0.544. The Kier molecular flexibility index (Phi) is 7.93. The second-order valence-electron chi connectivity index (χ2n) is 10.8. The predicted molar refractivity (Wildman–Crippen MR) is 136 cm³/mol. The number of nitrogens with one attached hydrogen (secondary N) is 2. The van der Waals surface area contributed by atoms with Crippen LogP contribution in [0.25, 0.3) is 0 Å². The molecular formula is C28H38N4O4. The number of rotatable bonds is 7. The number of methoxy groups -OCH3 is 1. The van der Waals surface area contributed by atoms with Crippen LogP contribution in [0, 0.1) is 29.1 Å². The van der Waals surface area contributed by atoms with E-state index >= 15 is 0 Å². The van der Waals surface area contributed by atoms with Gasteiger partial charge in [-0.1, -0.05) is 39.0 Å². The van der Waals surface area contributed by atoms with Crippen LogP contribution in [0.5, 0.6) is 5.75 Å². The van der Waals surface area contributed by atoms with Crippen molar-refractivity contribution in [2.75, 3.05) is 7.11 Å². The number of benzene rings is 1. The van der Waals surface area contributed by atoms with Crippen LogP contribution in [0.15, 0.2) is 43.0 Å². The largest absolute Gasteiger partial charge is 0.496 e. The number of aliphatic hydroxyl groups excluding tert-OH is 1. The maximum Gasteiger partial charge on any atom is 0.254 e. The van der Waals surface area contributed by atoms with Crippen molar-refractivity contribution in [1.29, 1.82) is 0 Å². The molecule has 8 nitrogen and oxygen atoms in total. The average molecular weight is 495 g/mol. The molecule has 8 heteroatoms. The fourth-order valence-corrected chi connectivity index (χ4v) is 6.55. The second kappa shape index (κ2) is 10.9. The van der Waals surface area contributed by atoms with Crippen LogP contribution in [0.2, 0.25) is 0 Å². The van der Waals surface area contributed by atoms with Gasteiger partial charge in [0.1, 0.15) is 12.1 Å². The fraction of sp³-hybridized carbons (Fsp3) is 0.571. The van der Waals surface area contributed by atoms with Gasteiger partial charge in [0.25, 0.3) is 5.91 Å². The summed E-state index contributed by atoms with van der Waals surface area (Å²) in [7, 11) is 1.62. The van der Waals surface area contributed by atoms with Crippen molar-refractivity contribution in [2.24, 2.45) is 29.1 Å². The van der Waals surface area contributed by atoms with Crippen LogP contribution in [-0.2, 0) is 11.3 Å². The first-order chi connectivity index (χ1) is 17.2. The van der Waals surface area contributed by atoms with Gasteiger partial charge in [-0.2, -0.15) is 0 Å². The standard InChI is InChI=1S/C28H38N4O4/c1-17(26(34)31-15-19-7-5-6-8-23(19)36-4)21-9-11-28(3)12-10-22(18(2)24(28)25(21)33)32-27(35)20-13-29-16-30-14-20/h5-8,13-14,16-18,21-22,24-25,33H,9-12,15H2,1-4H3,(H,31,34)(H,32,35)/t17-,18+,21+,22-,24+,25-,28-/m0/s1. The normalized spacial score (nSPS) is 30.5. The topological polar surface area (TPSA) is 113 Å². The van der Waals surface area contributed by atoms with Crippen molar-refractivity contribution in [1.82, 2.24) is 20.6 Å². The van der Waals surface area contributed by atoms with Crippen LogP contribution in [-0.4, -0.2) is 46.1 Å². The van der Waals surface area contributed by atoms with E-state index in [0.717, 1.165) is 37.0 Å². The molecule has 0 spiro atoms. The van der Waals surface area contributed by atoms with Gasteiger partial charge in [-0.25, -0.2) is 9.97 Å². The Hall–Kier alpha value is -3.00. The van der Waals surface area contributed by atoms with E-state index in [1.54, 1.807) is 7.11 Å². The van der Waals surface area contributed by atoms with E-state index in [1.807, 2.05) is 31.2 Å². The van der Waals surface area contributed by atoms with Gasteiger partial charge in [0.05, 0.1) is 18.8 Å². The maximum absolute atomic E-state index is 13.1. The molecule has 36 heavy (non-hydrogen) atoms. The Bertz CT molecular complexity index is 1060. The fourth-order valence-electron chi connectivity index (χ4n) is 6.55. The van der Waals surface area contributed by atoms with Crippen LogP contribution in [0.4, 0.5) is 0 Å². The number of fused-ring (bicyclic) bond motifs is 1. The lowest BCUT2D eigenvalue weighted by Gasteiger charge is -2.56. The van der Waals surface area contributed by atoms with Crippen LogP contribution < -0.4 is 15.4 Å². The van der Waals surface area contributed by atoms with Crippen molar-refractivity contribution in [3.8, 4) is 5.75 Å². The Balaban J connectivity index is 1.42. The molecule has 2 amide bonds. The van der Waals surface area contributed by atoms with Crippen molar-refractivity contribution in [2.45, 2.75) is 65.1 Å². The van der Waals surface area contributed by atoms with Gasteiger partial charge < -0.3 is 20.5 Å². The van der Waals surface area contributed by atoms with E-state index in [4.69, 9.17) is 4.74 Å². The molecule has 194 valence electrons. The molecule has 4 rings (SSSR count). The molecule has 2 aromatic rings. The molecule has 1 aromatic carbocycles. The van der Waals surface area contributed by atoms with E-state index < -0.39 is 6.10 Å². The number of carbonyl (C=O) groups excluding carboxylic acids is 2. The Morgan fingerprint density at radius 2 is 1.89 bits per heavy atom. The van der Waals surface area contributed by atoms with Gasteiger partial charge in [-0.05, 0) is 54.9 Å². The van der Waals surface area contributed by atoms with Crippen LogP contribution >= 0.6 is 0 Å². The third-order valence-electron chi connectivity index (χ3n) is 8.73. The molecule has 3 N–H and O–H groups in total. The summed E-state index contributed by atoms with van der Waals surface area (Å²) in [5, 5.41) is 17.8. The van der Waals surface area contributed by atoms with Gasteiger partial charge in [0.2, 0.25) is 5.91 Å². The highest BCUT2D eigenvalue weighted by atomic mass is 16.5. The van der Waals surface area contributed by atoms with E-state index in [2.05, 4.69) is 34.4 Å². The number of aliphatic hydroxyl groups is 1. The number of nitrogens with zero attached hydrogens (tertiary/aromatic N) is 2. The summed E-state index contributed by atoms with van der Waals surface area (Å²) in [5.41, 5.74) is 1.33. The van der Waals surface area contributed by atoms with Crippen LogP contribution in [0.1, 0.15) is 62.4 Å². The molecule has 0 unspecified atom stereocenters. The smallest absolute Gasteiger partial charge is 0.254 e. The summed E-state index contributed by atoms with van der Waals surface area (Å²) in [5.74, 6) is 0.0758. The van der Waals surface area contributed by atoms with Crippen molar-refractivity contribution < 1.29 is 19.4 Å². The van der Waals surface area contributed by atoms with Crippen molar-refractivity contribution in [3.63, 3.8) is 0 Å². The zero-order valence-corrected chi connectivity index (χ0v) is 21.6. The minimum atomic E-state index is -0.620. The predicted octanol–water partition coefficient (Wildman–Crippen LogP) is 3.36. The molecule has 0 radical (unpaired) electrons. The first-order valence-electron chi connectivity index (χ1n) is 12.9. The van der Waals surface area contributed by atoms with Gasteiger partial charge in [0, 0.05) is 36.5 Å². The Morgan fingerprint density at radius 3 is 2.61 bits per heavy atom. The maximum atomic E-state index is 13.1. The Labute approximate surface area is 213 Å². The highest BCUT2D eigenvalue weighted by Crippen LogP contribution is 2.55. The second-order valence-corrected chi connectivity index (χ2v) is 10.8. The highest BCUT2D eigenvalue weighted by Gasteiger charge is 2.53. The minimum absolute atomic E-state index is 0.00760. The Morgan fingerprint density at radius 1 is 1.19 bits per heavy atom. The first-order valence-corrected chi connectivity index (χ1v) is 12.9. The first kappa shape index (κ1) is 26.1. The third-order valence-corrected chi connectivity index (χ3v) is 8.73. The molecule has 2 fully saturated rings. The number of amides is 2. The average Bonchev–Trinajstić information content (AvgIpc) is 2.89. The summed E-state index contributed by atoms with van der Waals surface area (Å²) in [6, 6.07) is 7.57. The van der Waals surface area contributed by atoms with E-state index in [0.29, 0.717) is 12.1 Å². The van der Waals surface area contributed by atoms with E-state index in [-0.39, 0.29) is 46.9 Å². The summed E-state index contributed by atoms with van der Waals surface area (Å²) in [6.07, 6.45) is 7.36. The molecule has 0 aliphatic heterocycles. The molecule has 2 aliphatic carbocycles. The highest BCUT2D eigenvalue weighted by molar-refractivity contribution is 5.93. The van der Waals surface area contributed by atoms with E-state index in [9.17, 15) is 14.7 Å². The lowest BCUT2D eigenvalue weighted by atomic mass is 9.51. The van der Waals surface area contributed by atoms with Gasteiger partial charge >= 0.3 is 0 Å². The summed E-state index contributed by atoms with van der Waals surface area (Å²) in [4.78, 5) is 33.8. The third kappa shape index (κ3) is 5.24. The van der Waals surface area contributed by atoms with Gasteiger partial charge in [0.15, 0.2) is 0 Å². The molecule has 1 aromatic heterocycles. The number of ether oxygens (including phenoxy) is 1. The molecule has 7 atom stereocenters. The number of para-hydroxylation sites is 1. The zero-order valence-electron chi connectivity index (χ0n) is 21.6. The number of aromatic nitrogens is 2. The van der Waals surface area contributed by atoms with Crippen molar-refractivity contribution in [3.05, 3.63) is 54.1 Å². The molecule has 0 saturated heterocycles.